The van der Waals surface area contributed by atoms with Crippen molar-refractivity contribution >= 4 is 25.8 Å². The minimum atomic E-state index is -2.66. The summed E-state index contributed by atoms with van der Waals surface area (Å²) in [6.07, 6.45) is -1.82. The van der Waals surface area contributed by atoms with Crippen molar-refractivity contribution in [2.75, 3.05) is 25.7 Å². The molecule has 0 unspecified atom stereocenters. The van der Waals surface area contributed by atoms with Gasteiger partial charge in [-0.3, -0.25) is 9.09 Å². The zero-order valence-electron chi connectivity index (χ0n) is 17.5. The van der Waals surface area contributed by atoms with Crippen molar-refractivity contribution in [1.29, 1.82) is 0 Å². The molecule has 0 saturated carbocycles. The number of aromatic nitrogens is 4. The fourth-order valence-corrected chi connectivity index (χ4v) is 3.58. The topological polar surface area (TPSA) is 153 Å². The van der Waals surface area contributed by atoms with Crippen LogP contribution in [0.15, 0.2) is 6.33 Å². The van der Waals surface area contributed by atoms with Gasteiger partial charge in [-0.1, -0.05) is 0 Å². The molecule has 14 heteroatoms. The van der Waals surface area contributed by atoms with Crippen molar-refractivity contribution in [3.05, 3.63) is 6.33 Å². The molecule has 3 heterocycles. The van der Waals surface area contributed by atoms with E-state index in [-0.39, 0.29) is 35.9 Å². The van der Waals surface area contributed by atoms with Gasteiger partial charge in [-0.25, -0.2) is 13.9 Å². The van der Waals surface area contributed by atoms with Crippen molar-refractivity contribution in [2.45, 2.75) is 57.6 Å². The van der Waals surface area contributed by atoms with Crippen LogP contribution in [0.4, 0.5) is 10.3 Å². The number of nitrogens with two attached hydrogens (primary N) is 1. The van der Waals surface area contributed by atoms with E-state index in [1.54, 1.807) is 20.8 Å². The van der Waals surface area contributed by atoms with Crippen LogP contribution >= 0.6 is 8.69 Å². The van der Waals surface area contributed by atoms with E-state index in [0.717, 1.165) is 0 Å². The Morgan fingerprint density at radius 1 is 1.45 bits per heavy atom. The number of ether oxygens (including phenoxy) is 4. The molecule has 0 amide bonds. The summed E-state index contributed by atoms with van der Waals surface area (Å²) in [6.45, 7) is 5.86. The Hall–Kier alpha value is -2.02. The normalized spacial score (nSPS) is 28.7. The van der Waals surface area contributed by atoms with Crippen molar-refractivity contribution < 1.29 is 37.5 Å². The summed E-state index contributed by atoms with van der Waals surface area (Å²) < 4.78 is 54.3. The number of alkyl halides is 1. The van der Waals surface area contributed by atoms with Crippen molar-refractivity contribution in [1.82, 2.24) is 19.5 Å². The third-order valence-electron chi connectivity index (χ3n) is 4.62. The molecular weight excluding hydrogens is 436 g/mol. The maximum absolute atomic E-state index is 15.8. The van der Waals surface area contributed by atoms with Gasteiger partial charge in [0.05, 0.1) is 19.0 Å². The predicted molar refractivity (Wildman–Crippen MR) is 105 cm³/mol. The molecule has 3 rings (SSSR count). The molecule has 4 atom stereocenters. The lowest BCUT2D eigenvalue weighted by Crippen LogP contribution is -2.51. The SMILES string of the molecule is CCOc1nc(N)nc2c1ncn2[C@@H]1O[C@](F)(COP=O)[C@@H](OCOC(C)C)[C@@]1(C)O. The Morgan fingerprint density at radius 2 is 2.19 bits per heavy atom. The lowest BCUT2D eigenvalue weighted by Gasteiger charge is -2.31. The van der Waals surface area contributed by atoms with Gasteiger partial charge in [-0.15, -0.1) is 0 Å². The monoisotopic (exact) mass is 461 g/mol. The third-order valence-corrected chi connectivity index (χ3v) is 4.85. The highest BCUT2D eigenvalue weighted by Crippen LogP contribution is 2.48. The summed E-state index contributed by atoms with van der Waals surface area (Å²) in [5, 5.41) is 11.3. The van der Waals surface area contributed by atoms with Crippen LogP contribution in [-0.2, 0) is 23.3 Å². The molecule has 0 aliphatic carbocycles. The number of hydrogen-bond donors (Lipinski definition) is 2. The Bertz CT molecular complexity index is 930. The quantitative estimate of drug-likeness (QED) is 0.393. The first-order valence-corrected chi connectivity index (χ1v) is 10.3. The maximum atomic E-state index is 15.8. The van der Waals surface area contributed by atoms with E-state index in [9.17, 15) is 9.67 Å². The van der Waals surface area contributed by atoms with Gasteiger partial charge in [0.15, 0.2) is 23.5 Å². The van der Waals surface area contributed by atoms with Crippen molar-refractivity contribution in [3.63, 3.8) is 0 Å². The molecule has 0 aromatic carbocycles. The lowest BCUT2D eigenvalue weighted by atomic mass is 9.95. The first kappa shape index (κ1) is 23.6. The van der Waals surface area contributed by atoms with Crippen LogP contribution in [-0.4, -0.2) is 68.3 Å². The van der Waals surface area contributed by atoms with E-state index in [2.05, 4.69) is 19.5 Å². The number of hydrogen-bond acceptors (Lipinski definition) is 11. The van der Waals surface area contributed by atoms with E-state index < -0.39 is 39.1 Å². The molecule has 1 saturated heterocycles. The first-order valence-electron chi connectivity index (χ1n) is 9.53. The zero-order chi connectivity index (χ0) is 22.8. The fourth-order valence-electron chi connectivity index (χ4n) is 3.35. The summed E-state index contributed by atoms with van der Waals surface area (Å²) in [5.41, 5.74) is 4.23. The maximum Gasteiger partial charge on any atom is 0.327 e. The second-order valence-corrected chi connectivity index (χ2v) is 7.76. The number of rotatable bonds is 10. The number of aliphatic hydroxyl groups is 1. The van der Waals surface area contributed by atoms with Crippen LogP contribution in [0.5, 0.6) is 5.88 Å². The molecule has 0 bridgehead atoms. The molecule has 3 N–H and O–H groups in total. The highest BCUT2D eigenvalue weighted by molar-refractivity contribution is 7.17. The van der Waals surface area contributed by atoms with Gasteiger partial charge in [-0.05, 0) is 27.7 Å². The van der Waals surface area contributed by atoms with Crippen LogP contribution < -0.4 is 10.5 Å². The number of halogens is 1. The molecule has 0 spiro atoms. The van der Waals surface area contributed by atoms with Crippen LogP contribution in [0, 0.1) is 0 Å². The standard InChI is InChI=1S/C17H25FN5O7P/c1-5-26-12-10-11(21-15(19)22-12)23(7-20-10)14-16(4,24)13(28-8-27-9(2)3)17(18,30-14)6-29-31-25/h7,9,13-14,24H,5-6,8H2,1-4H3,(H2,19,21,22)/t13-,14+,16+,17+/m0/s1. The lowest BCUT2D eigenvalue weighted by molar-refractivity contribution is -0.233. The molecule has 1 aliphatic rings. The zero-order valence-corrected chi connectivity index (χ0v) is 18.4. The van der Waals surface area contributed by atoms with Gasteiger partial charge >= 0.3 is 8.69 Å². The van der Waals surface area contributed by atoms with Gasteiger partial charge in [0.2, 0.25) is 11.8 Å². The van der Waals surface area contributed by atoms with E-state index in [1.807, 2.05) is 0 Å². The largest absolute Gasteiger partial charge is 0.476 e. The minimum absolute atomic E-state index is 0.103. The third kappa shape index (κ3) is 4.61. The summed E-state index contributed by atoms with van der Waals surface area (Å²) in [7, 11) is -0.757. The number of nitrogen functional groups attached to an aromatic ring is 1. The van der Waals surface area contributed by atoms with E-state index in [1.165, 1.54) is 17.8 Å². The average molecular weight is 461 g/mol. The van der Waals surface area contributed by atoms with Crippen LogP contribution in [0.3, 0.4) is 0 Å². The number of nitrogens with zero attached hydrogens (tertiary/aromatic N) is 4. The van der Waals surface area contributed by atoms with Crippen molar-refractivity contribution in [2.24, 2.45) is 0 Å². The van der Waals surface area contributed by atoms with Gasteiger partial charge < -0.3 is 29.8 Å². The molecule has 1 aliphatic heterocycles. The second kappa shape index (κ2) is 9.23. The van der Waals surface area contributed by atoms with Gasteiger partial charge in [0.25, 0.3) is 5.85 Å². The fraction of sp³-hybridized carbons (Fsp3) is 0.706. The van der Waals surface area contributed by atoms with E-state index in [0.29, 0.717) is 6.61 Å². The first-order chi connectivity index (χ1) is 14.6. The summed E-state index contributed by atoms with van der Waals surface area (Å²) in [4.78, 5) is 12.3. The van der Waals surface area contributed by atoms with Gasteiger partial charge in [0.1, 0.15) is 19.0 Å². The Morgan fingerprint density at radius 3 is 2.84 bits per heavy atom. The van der Waals surface area contributed by atoms with Crippen molar-refractivity contribution in [3.8, 4) is 5.88 Å². The molecule has 31 heavy (non-hydrogen) atoms. The van der Waals surface area contributed by atoms with E-state index >= 15 is 4.39 Å². The van der Waals surface area contributed by atoms with Crippen LogP contribution in [0.1, 0.15) is 33.9 Å². The number of anilines is 1. The van der Waals surface area contributed by atoms with Crippen LogP contribution in [0.25, 0.3) is 11.2 Å². The smallest absolute Gasteiger partial charge is 0.327 e. The molecule has 172 valence electrons. The van der Waals surface area contributed by atoms with Gasteiger partial charge in [-0.2, -0.15) is 9.97 Å². The second-order valence-electron chi connectivity index (χ2n) is 7.35. The van der Waals surface area contributed by atoms with Crippen LogP contribution in [0.2, 0.25) is 0 Å². The molecule has 0 radical (unpaired) electrons. The Balaban J connectivity index is 2.01. The predicted octanol–water partition coefficient (Wildman–Crippen LogP) is 1.74. The Kier molecular flexibility index (Phi) is 7.04. The van der Waals surface area contributed by atoms with E-state index in [4.69, 9.17) is 24.7 Å². The molecule has 12 nitrogen and oxygen atoms in total. The molecular formula is C17H25FN5O7P. The molecule has 2 aromatic heterocycles. The highest BCUT2D eigenvalue weighted by Gasteiger charge is 2.64. The van der Waals surface area contributed by atoms with Gasteiger partial charge in [0, 0.05) is 0 Å². The molecule has 1 fully saturated rings. The number of fused-ring (bicyclic) bond motifs is 1. The molecule has 2 aromatic rings. The average Bonchev–Trinajstić information content (AvgIpc) is 3.18. The summed E-state index contributed by atoms with van der Waals surface area (Å²) >= 11 is 0. The summed E-state index contributed by atoms with van der Waals surface area (Å²) in [6, 6.07) is 0. The summed E-state index contributed by atoms with van der Waals surface area (Å²) in [5.74, 6) is -2.63. The number of imidazole rings is 1. The minimum Gasteiger partial charge on any atom is -0.476 e. The highest BCUT2D eigenvalue weighted by atomic mass is 31.1. The Labute approximate surface area is 179 Å².